The molecular weight excluding hydrogens is 404 g/mol. The highest BCUT2D eigenvalue weighted by Gasteiger charge is 2.27. The molecule has 0 aliphatic carbocycles. The Morgan fingerprint density at radius 2 is 2.07 bits per heavy atom. The van der Waals surface area contributed by atoms with Crippen molar-refractivity contribution in [1.29, 1.82) is 0 Å². The molecule has 1 aromatic carbocycles. The van der Waals surface area contributed by atoms with E-state index in [9.17, 15) is 9.90 Å². The third kappa shape index (κ3) is 3.35. The van der Waals surface area contributed by atoms with Gasteiger partial charge in [0.05, 0.1) is 36.0 Å². The van der Waals surface area contributed by atoms with Crippen LogP contribution in [0.5, 0.6) is 0 Å². The van der Waals surface area contributed by atoms with E-state index in [0.717, 1.165) is 21.9 Å². The normalized spacial score (nSPS) is 19.4. The topological polar surface area (TPSA) is 90.1 Å². The molecule has 4 aromatic rings. The fourth-order valence-electron chi connectivity index (χ4n) is 4.09. The van der Waals surface area contributed by atoms with Gasteiger partial charge in [-0.3, -0.25) is 14.3 Å². The number of aromatic nitrogens is 4. The number of hydrogen-bond donors (Lipinski definition) is 1. The zero-order valence-corrected chi connectivity index (χ0v) is 16.8. The van der Waals surface area contributed by atoms with Crippen LogP contribution in [0.2, 0.25) is 5.15 Å². The quantitative estimate of drug-likeness (QED) is 0.403. The summed E-state index contributed by atoms with van der Waals surface area (Å²) in [5.41, 5.74) is 2.40. The minimum absolute atomic E-state index is 0.167. The summed E-state index contributed by atoms with van der Waals surface area (Å²) in [4.78, 5) is 26.4. The van der Waals surface area contributed by atoms with Gasteiger partial charge in [-0.15, -0.1) is 0 Å². The average Bonchev–Trinajstić information content (AvgIpc) is 2.77. The predicted octanol–water partition coefficient (Wildman–Crippen LogP) is 2.91. The fraction of sp³-hybridized carbons (Fsp3) is 0.273. The molecule has 0 saturated carbocycles. The molecule has 0 spiro atoms. The first kappa shape index (κ1) is 19.1. The lowest BCUT2D eigenvalue weighted by molar-refractivity contribution is -0.0395. The lowest BCUT2D eigenvalue weighted by Crippen LogP contribution is -2.39. The number of rotatable bonds is 3. The third-order valence-electron chi connectivity index (χ3n) is 5.60. The highest BCUT2D eigenvalue weighted by molar-refractivity contribution is 6.29. The average molecular weight is 423 g/mol. The molecule has 30 heavy (non-hydrogen) atoms. The van der Waals surface area contributed by atoms with Crippen LogP contribution < -0.4 is 5.56 Å². The maximum absolute atomic E-state index is 13.4. The second-order valence-electron chi connectivity index (χ2n) is 7.47. The van der Waals surface area contributed by atoms with Crippen LogP contribution in [-0.2, 0) is 11.2 Å². The second-order valence-corrected chi connectivity index (χ2v) is 7.86. The van der Waals surface area contributed by atoms with E-state index in [1.165, 1.54) is 10.9 Å². The van der Waals surface area contributed by atoms with Gasteiger partial charge >= 0.3 is 0 Å². The summed E-state index contributed by atoms with van der Waals surface area (Å²) in [6.07, 6.45) is 7.17. The van der Waals surface area contributed by atoms with Crippen molar-refractivity contribution in [1.82, 2.24) is 19.5 Å². The van der Waals surface area contributed by atoms with Gasteiger partial charge in [0.1, 0.15) is 5.15 Å². The molecule has 7 nitrogen and oxygen atoms in total. The summed E-state index contributed by atoms with van der Waals surface area (Å²) < 4.78 is 6.84. The van der Waals surface area contributed by atoms with Gasteiger partial charge in [0.2, 0.25) is 0 Å². The van der Waals surface area contributed by atoms with Crippen LogP contribution in [0.15, 0.2) is 54.0 Å². The summed E-state index contributed by atoms with van der Waals surface area (Å²) in [6, 6.07) is 7.08. The van der Waals surface area contributed by atoms with Gasteiger partial charge in [-0.05, 0) is 42.2 Å². The van der Waals surface area contributed by atoms with Crippen molar-refractivity contribution in [2.45, 2.75) is 25.0 Å². The van der Waals surface area contributed by atoms with Gasteiger partial charge in [0, 0.05) is 36.0 Å². The predicted molar refractivity (Wildman–Crippen MR) is 114 cm³/mol. The van der Waals surface area contributed by atoms with Crippen LogP contribution in [0, 0.1) is 0 Å². The van der Waals surface area contributed by atoms with Gasteiger partial charge in [-0.25, -0.2) is 9.97 Å². The summed E-state index contributed by atoms with van der Waals surface area (Å²) in [5.74, 6) is 0. The molecule has 5 rings (SSSR count). The monoisotopic (exact) mass is 422 g/mol. The van der Waals surface area contributed by atoms with Gasteiger partial charge in [-0.2, -0.15) is 0 Å². The summed E-state index contributed by atoms with van der Waals surface area (Å²) in [6.45, 7) is 0.720. The van der Waals surface area contributed by atoms with Gasteiger partial charge in [0.15, 0.2) is 0 Å². The van der Waals surface area contributed by atoms with E-state index in [-0.39, 0.29) is 18.2 Å². The molecule has 1 saturated heterocycles. The maximum atomic E-state index is 13.4. The van der Waals surface area contributed by atoms with E-state index >= 15 is 0 Å². The second kappa shape index (κ2) is 7.75. The van der Waals surface area contributed by atoms with Crippen LogP contribution in [0.4, 0.5) is 0 Å². The largest absolute Gasteiger partial charge is 0.389 e. The number of hydrogen-bond acceptors (Lipinski definition) is 6. The molecule has 4 heterocycles. The number of aliphatic hydroxyl groups excluding tert-OH is 1. The highest BCUT2D eigenvalue weighted by atomic mass is 35.5. The highest BCUT2D eigenvalue weighted by Crippen LogP contribution is 2.28. The van der Waals surface area contributed by atoms with E-state index in [4.69, 9.17) is 16.3 Å². The molecule has 152 valence electrons. The van der Waals surface area contributed by atoms with Crippen molar-refractivity contribution in [3.63, 3.8) is 0 Å². The smallest absolute Gasteiger partial charge is 0.261 e. The molecule has 1 fully saturated rings. The number of ether oxygens (including phenoxy) is 1. The lowest BCUT2D eigenvalue weighted by atomic mass is 9.97. The van der Waals surface area contributed by atoms with E-state index in [1.807, 2.05) is 18.2 Å². The van der Waals surface area contributed by atoms with Crippen molar-refractivity contribution in [3.8, 4) is 0 Å². The molecule has 0 unspecified atom stereocenters. The first-order valence-corrected chi connectivity index (χ1v) is 10.1. The minimum atomic E-state index is -0.736. The fourth-order valence-corrected chi connectivity index (χ4v) is 4.20. The van der Waals surface area contributed by atoms with E-state index in [1.54, 1.807) is 24.7 Å². The van der Waals surface area contributed by atoms with Crippen molar-refractivity contribution in [2.75, 3.05) is 13.2 Å². The Morgan fingerprint density at radius 3 is 2.87 bits per heavy atom. The molecule has 8 heteroatoms. The Labute approximate surface area is 176 Å². The van der Waals surface area contributed by atoms with E-state index < -0.39 is 6.10 Å². The Hall–Kier alpha value is -2.87. The Morgan fingerprint density at radius 1 is 1.17 bits per heavy atom. The first-order valence-electron chi connectivity index (χ1n) is 9.74. The maximum Gasteiger partial charge on any atom is 0.261 e. The first-order chi connectivity index (χ1) is 14.6. The number of fused-ring (bicyclic) bond motifs is 3. The van der Waals surface area contributed by atoms with Crippen LogP contribution in [0.25, 0.3) is 21.7 Å². The van der Waals surface area contributed by atoms with Crippen LogP contribution in [0.1, 0.15) is 23.6 Å². The molecule has 0 radical (unpaired) electrons. The number of nitrogens with zero attached hydrogens (tertiary/aromatic N) is 4. The molecular formula is C22H19ClN4O3. The Bertz CT molecular complexity index is 1290. The Balaban J connectivity index is 1.70. The molecule has 3 aromatic heterocycles. The third-order valence-corrected chi connectivity index (χ3v) is 5.83. The van der Waals surface area contributed by atoms with Crippen LogP contribution in [0.3, 0.4) is 0 Å². The number of pyridine rings is 2. The van der Waals surface area contributed by atoms with Crippen molar-refractivity contribution < 1.29 is 9.84 Å². The van der Waals surface area contributed by atoms with Gasteiger partial charge in [0.25, 0.3) is 5.56 Å². The molecule has 2 atom stereocenters. The van der Waals surface area contributed by atoms with Crippen molar-refractivity contribution in [2.24, 2.45) is 0 Å². The van der Waals surface area contributed by atoms with Crippen molar-refractivity contribution in [3.05, 3.63) is 75.8 Å². The number of halogens is 1. The standard InChI is InChI=1S/C22H19ClN4O3/c23-20-2-1-13(9-25-20)7-14-8-16-21(15-3-5-24-10-17(14)15)26-12-27(22(16)29)18-4-6-30-11-19(18)28/h1-3,5,8-10,12,18-19,28H,4,6-7,11H2/t18-,19-/m0/s1. The SMILES string of the molecule is O=c1c2cc(Cc3ccc(Cl)nc3)c3cnccc3c2ncn1[C@H]1CCOC[C@@H]1O. The van der Waals surface area contributed by atoms with Gasteiger partial charge < -0.3 is 9.84 Å². The molecule has 1 N–H and O–H groups in total. The molecule has 0 amide bonds. The van der Waals surface area contributed by atoms with Crippen molar-refractivity contribution >= 4 is 33.3 Å². The van der Waals surface area contributed by atoms with Crippen LogP contribution >= 0.6 is 11.6 Å². The van der Waals surface area contributed by atoms with E-state index in [0.29, 0.717) is 35.5 Å². The van der Waals surface area contributed by atoms with E-state index in [2.05, 4.69) is 15.0 Å². The minimum Gasteiger partial charge on any atom is -0.389 e. The summed E-state index contributed by atoms with van der Waals surface area (Å²) in [5, 5.41) is 13.1. The summed E-state index contributed by atoms with van der Waals surface area (Å²) >= 11 is 5.91. The Kier molecular flexibility index (Phi) is 4.94. The number of aliphatic hydroxyl groups is 1. The van der Waals surface area contributed by atoms with Crippen LogP contribution in [-0.4, -0.2) is 43.9 Å². The molecule has 1 aliphatic rings. The molecule has 0 bridgehead atoms. The zero-order chi connectivity index (χ0) is 20.7. The summed E-state index contributed by atoms with van der Waals surface area (Å²) in [7, 11) is 0. The number of benzene rings is 1. The van der Waals surface area contributed by atoms with Gasteiger partial charge in [-0.1, -0.05) is 17.7 Å². The zero-order valence-electron chi connectivity index (χ0n) is 16.0. The molecule has 1 aliphatic heterocycles. The lowest BCUT2D eigenvalue weighted by Gasteiger charge is -2.29.